The van der Waals surface area contributed by atoms with Gasteiger partial charge >= 0.3 is 0 Å². The number of primary amides is 1. The van der Waals surface area contributed by atoms with Crippen LogP contribution in [0.25, 0.3) is 22.2 Å². The van der Waals surface area contributed by atoms with Crippen LogP contribution >= 0.6 is 0 Å². The topological polar surface area (TPSA) is 122 Å². The van der Waals surface area contributed by atoms with Crippen molar-refractivity contribution in [2.75, 3.05) is 25.4 Å². The molecular formula is C29H38N6O3. The number of carbonyl (C=O) groups excluding carboxylic acids is 1. The van der Waals surface area contributed by atoms with Crippen LogP contribution in [-0.4, -0.2) is 62.8 Å². The summed E-state index contributed by atoms with van der Waals surface area (Å²) in [6, 6.07) is 8.36. The van der Waals surface area contributed by atoms with Crippen molar-refractivity contribution in [2.45, 2.75) is 76.2 Å². The van der Waals surface area contributed by atoms with E-state index in [1.807, 2.05) is 12.1 Å². The lowest BCUT2D eigenvalue weighted by molar-refractivity contribution is -0.122. The van der Waals surface area contributed by atoms with Crippen molar-refractivity contribution in [3.63, 3.8) is 0 Å². The summed E-state index contributed by atoms with van der Waals surface area (Å²) in [6.45, 7) is 6.68. The van der Waals surface area contributed by atoms with Crippen LogP contribution < -0.4 is 16.2 Å². The van der Waals surface area contributed by atoms with Crippen LogP contribution in [0.5, 0.6) is 5.75 Å². The Labute approximate surface area is 223 Å². The van der Waals surface area contributed by atoms with Crippen molar-refractivity contribution < 1.29 is 14.3 Å². The second-order valence-electron chi connectivity index (χ2n) is 11.8. The summed E-state index contributed by atoms with van der Waals surface area (Å²) in [5, 5.41) is 0.877. The maximum Gasteiger partial charge on any atom is 0.234 e. The molecule has 2 aromatic heterocycles. The van der Waals surface area contributed by atoms with Gasteiger partial charge in [-0.25, -0.2) is 9.97 Å². The van der Waals surface area contributed by atoms with Crippen LogP contribution in [0.15, 0.2) is 36.8 Å². The maximum absolute atomic E-state index is 11.8. The number of nitrogens with two attached hydrogens (primary N) is 2. The minimum atomic E-state index is -0.197. The number of fused-ring (bicyclic) bond motifs is 1. The largest absolute Gasteiger partial charge is 0.491 e. The average molecular weight is 519 g/mol. The molecule has 1 amide bonds. The molecule has 38 heavy (non-hydrogen) atoms. The molecule has 4 N–H and O–H groups in total. The molecule has 0 bridgehead atoms. The minimum absolute atomic E-state index is 0.0756. The van der Waals surface area contributed by atoms with Crippen LogP contribution in [0.4, 0.5) is 5.82 Å². The molecular weight excluding hydrogens is 480 g/mol. The number of hydrogen-bond acceptors (Lipinski definition) is 7. The Morgan fingerprint density at radius 1 is 1.24 bits per heavy atom. The third kappa shape index (κ3) is 4.85. The summed E-state index contributed by atoms with van der Waals surface area (Å²) in [7, 11) is 0. The summed E-state index contributed by atoms with van der Waals surface area (Å²) >= 11 is 0. The van der Waals surface area contributed by atoms with E-state index in [0.717, 1.165) is 79.5 Å². The summed E-state index contributed by atoms with van der Waals surface area (Å²) in [5.74, 6) is 1.64. The van der Waals surface area contributed by atoms with Gasteiger partial charge < -0.3 is 25.5 Å². The number of anilines is 1. The fourth-order valence-corrected chi connectivity index (χ4v) is 6.52. The van der Waals surface area contributed by atoms with Gasteiger partial charge in [-0.15, -0.1) is 0 Å². The zero-order valence-corrected chi connectivity index (χ0v) is 22.3. The summed E-state index contributed by atoms with van der Waals surface area (Å²) in [6.07, 6.45) is 9.88. The third-order valence-corrected chi connectivity index (χ3v) is 8.56. The van der Waals surface area contributed by atoms with Crippen molar-refractivity contribution in [2.24, 2.45) is 11.7 Å². The summed E-state index contributed by atoms with van der Waals surface area (Å²) in [5.41, 5.74) is 14.8. The molecule has 1 aliphatic carbocycles. The van der Waals surface area contributed by atoms with E-state index in [1.54, 1.807) is 6.33 Å². The number of hydrogen-bond donors (Lipinski definition) is 2. The van der Waals surface area contributed by atoms with Gasteiger partial charge in [-0.3, -0.25) is 9.69 Å². The first-order valence-corrected chi connectivity index (χ1v) is 13.8. The molecule has 1 unspecified atom stereocenters. The Balaban J connectivity index is 1.19. The fraction of sp³-hybridized carbons (Fsp3) is 0.552. The van der Waals surface area contributed by atoms with E-state index in [-0.39, 0.29) is 23.7 Å². The first kappa shape index (κ1) is 25.1. The number of amides is 1. The number of nitrogen functional groups attached to an aromatic ring is 1. The Morgan fingerprint density at radius 2 is 2.08 bits per heavy atom. The van der Waals surface area contributed by atoms with Crippen LogP contribution in [0.2, 0.25) is 0 Å². The number of ether oxygens (including phenoxy) is 2. The van der Waals surface area contributed by atoms with E-state index in [0.29, 0.717) is 24.4 Å². The average Bonchev–Trinajstić information content (AvgIpc) is 3.57. The molecule has 0 spiro atoms. The Bertz CT molecular complexity index is 1330. The van der Waals surface area contributed by atoms with Crippen LogP contribution in [0.3, 0.4) is 0 Å². The molecule has 0 radical (unpaired) electrons. The summed E-state index contributed by atoms with van der Waals surface area (Å²) < 4.78 is 14.5. The molecule has 3 aromatic rings. The first-order chi connectivity index (χ1) is 18.3. The van der Waals surface area contributed by atoms with Gasteiger partial charge in [0.2, 0.25) is 5.91 Å². The highest BCUT2D eigenvalue weighted by Crippen LogP contribution is 2.44. The van der Waals surface area contributed by atoms with E-state index in [9.17, 15) is 4.79 Å². The van der Waals surface area contributed by atoms with Crippen molar-refractivity contribution in [3.05, 3.63) is 36.8 Å². The fourth-order valence-electron chi connectivity index (χ4n) is 6.52. The van der Waals surface area contributed by atoms with E-state index < -0.39 is 0 Å². The van der Waals surface area contributed by atoms with Crippen molar-refractivity contribution in [3.8, 4) is 16.9 Å². The molecule has 2 atom stereocenters. The van der Waals surface area contributed by atoms with Gasteiger partial charge in [0.15, 0.2) is 0 Å². The molecule has 202 valence electrons. The van der Waals surface area contributed by atoms with E-state index >= 15 is 0 Å². The quantitative estimate of drug-likeness (QED) is 0.464. The lowest BCUT2D eigenvalue weighted by Gasteiger charge is -2.39. The molecule has 2 aliphatic heterocycles. The highest BCUT2D eigenvalue weighted by Gasteiger charge is 2.37. The summed E-state index contributed by atoms with van der Waals surface area (Å²) in [4.78, 5) is 23.0. The third-order valence-electron chi connectivity index (χ3n) is 8.56. The lowest BCUT2D eigenvalue weighted by atomic mass is 9.79. The standard InChI is InChI=1S/C29H38N6O3/c1-29(2)9-8-22(38-29)16-37-21-6-3-5-19(13-21)23-15-35(28-25(23)26(30)32-17-33-28)20-11-18(12-20)14-34-10-4-7-24(34)27(31)36/h3,5-6,13,15,17-18,20,22,24H,4,7-12,14,16H2,1-2H3,(H2,31,36)(H2,30,32,33)/t18-,20-,22-,24?/m1/s1. The minimum Gasteiger partial charge on any atom is -0.491 e. The van der Waals surface area contributed by atoms with Crippen LogP contribution in [-0.2, 0) is 9.53 Å². The Kier molecular flexibility index (Phi) is 6.52. The number of rotatable bonds is 8. The highest BCUT2D eigenvalue weighted by molar-refractivity contribution is 6.00. The normalized spacial score (nSPS) is 27.0. The Hall–Kier alpha value is -3.17. The van der Waals surface area contributed by atoms with E-state index in [2.05, 4.69) is 51.6 Å². The predicted molar refractivity (Wildman–Crippen MR) is 147 cm³/mol. The van der Waals surface area contributed by atoms with Crippen molar-refractivity contribution >= 4 is 22.8 Å². The predicted octanol–water partition coefficient (Wildman–Crippen LogP) is 3.92. The van der Waals surface area contributed by atoms with Gasteiger partial charge in [-0.05, 0) is 82.5 Å². The number of nitrogens with zero attached hydrogens (tertiary/aromatic N) is 4. The lowest BCUT2D eigenvalue weighted by Crippen LogP contribution is -2.44. The molecule has 4 heterocycles. The maximum atomic E-state index is 11.8. The molecule has 1 saturated carbocycles. The van der Waals surface area contributed by atoms with Crippen molar-refractivity contribution in [1.29, 1.82) is 0 Å². The smallest absolute Gasteiger partial charge is 0.234 e. The molecule has 3 fully saturated rings. The second kappa shape index (κ2) is 9.85. The second-order valence-corrected chi connectivity index (χ2v) is 11.8. The molecule has 3 aliphatic rings. The molecule has 1 aromatic carbocycles. The monoisotopic (exact) mass is 518 g/mol. The van der Waals surface area contributed by atoms with Crippen LogP contribution in [0, 0.1) is 5.92 Å². The number of carbonyl (C=O) groups is 1. The van der Waals surface area contributed by atoms with Gasteiger partial charge in [-0.1, -0.05) is 12.1 Å². The highest BCUT2D eigenvalue weighted by atomic mass is 16.6. The van der Waals surface area contributed by atoms with Gasteiger partial charge in [0.05, 0.1) is 23.1 Å². The molecule has 9 heteroatoms. The van der Waals surface area contributed by atoms with E-state index in [4.69, 9.17) is 20.9 Å². The van der Waals surface area contributed by atoms with Gasteiger partial charge in [0.25, 0.3) is 0 Å². The van der Waals surface area contributed by atoms with Gasteiger partial charge in [0.1, 0.15) is 30.1 Å². The Morgan fingerprint density at radius 3 is 2.84 bits per heavy atom. The molecule has 6 rings (SSSR count). The van der Waals surface area contributed by atoms with Gasteiger partial charge in [0, 0.05) is 24.3 Å². The molecule has 2 saturated heterocycles. The number of benzene rings is 1. The zero-order chi connectivity index (χ0) is 26.4. The van der Waals surface area contributed by atoms with Crippen LogP contribution in [0.1, 0.15) is 58.4 Å². The number of aromatic nitrogens is 3. The first-order valence-electron chi connectivity index (χ1n) is 13.8. The van der Waals surface area contributed by atoms with Crippen molar-refractivity contribution in [1.82, 2.24) is 19.4 Å². The number of likely N-dealkylation sites (tertiary alicyclic amines) is 1. The zero-order valence-electron chi connectivity index (χ0n) is 22.3. The SMILES string of the molecule is CC1(C)CC[C@H](COc2cccc(-c3cn([C@H]4C[C@H](CN5CCCC5C(N)=O)C4)c4ncnc(N)c34)c2)O1. The molecule has 9 nitrogen and oxygen atoms in total. The van der Waals surface area contributed by atoms with Gasteiger partial charge in [-0.2, -0.15) is 0 Å². The van der Waals surface area contributed by atoms with E-state index in [1.165, 1.54) is 0 Å².